The molecule has 0 aliphatic rings. The number of amides is 1. The minimum atomic E-state index is -0.468. The van der Waals surface area contributed by atoms with Crippen LogP contribution in [0, 0.1) is 0 Å². The van der Waals surface area contributed by atoms with E-state index in [0.717, 1.165) is 0 Å². The summed E-state index contributed by atoms with van der Waals surface area (Å²) in [7, 11) is 0. The SMILES string of the molecule is CC(=O)NCCN[C@H](C)C(=O)OC(C)(C)C. The number of carbonyl (C=O) groups is 2. The molecule has 0 fully saturated rings. The van der Waals surface area contributed by atoms with E-state index in [0.29, 0.717) is 13.1 Å². The Labute approximate surface area is 96.9 Å². The van der Waals surface area contributed by atoms with E-state index < -0.39 is 5.60 Å². The highest BCUT2D eigenvalue weighted by molar-refractivity contribution is 5.75. The summed E-state index contributed by atoms with van der Waals surface area (Å²) in [6, 6.07) is -0.368. The van der Waals surface area contributed by atoms with Crippen LogP contribution in [-0.4, -0.2) is 36.6 Å². The van der Waals surface area contributed by atoms with Gasteiger partial charge in [-0.3, -0.25) is 9.59 Å². The standard InChI is InChI=1S/C11H22N2O3/c1-8(10(15)16-11(3,4)5)12-6-7-13-9(2)14/h8,12H,6-7H2,1-5H3,(H,13,14)/t8-/m1/s1. The largest absolute Gasteiger partial charge is 0.459 e. The van der Waals surface area contributed by atoms with Crippen LogP contribution in [-0.2, 0) is 14.3 Å². The van der Waals surface area contributed by atoms with Crippen LogP contribution >= 0.6 is 0 Å². The second-order valence-corrected chi connectivity index (χ2v) is 4.69. The Bertz CT molecular complexity index is 246. The molecule has 0 radical (unpaired) electrons. The third-order valence-electron chi connectivity index (χ3n) is 1.71. The molecular formula is C11H22N2O3. The van der Waals surface area contributed by atoms with E-state index in [4.69, 9.17) is 4.74 Å². The van der Waals surface area contributed by atoms with Gasteiger partial charge in [-0.1, -0.05) is 0 Å². The van der Waals surface area contributed by atoms with Crippen molar-refractivity contribution in [1.82, 2.24) is 10.6 Å². The van der Waals surface area contributed by atoms with Crippen molar-refractivity contribution in [3.8, 4) is 0 Å². The van der Waals surface area contributed by atoms with Crippen molar-refractivity contribution in [2.24, 2.45) is 0 Å². The highest BCUT2D eigenvalue weighted by Gasteiger charge is 2.20. The van der Waals surface area contributed by atoms with Crippen LogP contribution in [0.25, 0.3) is 0 Å². The van der Waals surface area contributed by atoms with Gasteiger partial charge in [0.15, 0.2) is 0 Å². The van der Waals surface area contributed by atoms with Gasteiger partial charge in [-0.15, -0.1) is 0 Å². The molecule has 0 aliphatic carbocycles. The fourth-order valence-electron chi connectivity index (χ4n) is 1.00. The molecule has 0 unspecified atom stereocenters. The maximum atomic E-state index is 11.5. The van der Waals surface area contributed by atoms with Gasteiger partial charge in [-0.05, 0) is 27.7 Å². The lowest BCUT2D eigenvalue weighted by molar-refractivity contribution is -0.156. The quantitative estimate of drug-likeness (QED) is 0.531. The Morgan fingerprint density at radius 2 is 1.81 bits per heavy atom. The van der Waals surface area contributed by atoms with Gasteiger partial charge in [-0.25, -0.2) is 0 Å². The smallest absolute Gasteiger partial charge is 0.323 e. The first kappa shape index (κ1) is 14.9. The van der Waals surface area contributed by atoms with Gasteiger partial charge in [0, 0.05) is 20.0 Å². The predicted molar refractivity (Wildman–Crippen MR) is 62.0 cm³/mol. The highest BCUT2D eigenvalue weighted by Crippen LogP contribution is 2.07. The molecule has 0 aromatic rings. The second kappa shape index (κ2) is 6.48. The van der Waals surface area contributed by atoms with Crippen molar-refractivity contribution in [2.75, 3.05) is 13.1 Å². The van der Waals surface area contributed by atoms with E-state index in [9.17, 15) is 9.59 Å². The van der Waals surface area contributed by atoms with E-state index in [1.54, 1.807) is 6.92 Å². The van der Waals surface area contributed by atoms with Crippen LogP contribution < -0.4 is 10.6 Å². The Morgan fingerprint density at radius 1 is 1.25 bits per heavy atom. The molecule has 0 rings (SSSR count). The van der Waals surface area contributed by atoms with Crippen molar-refractivity contribution < 1.29 is 14.3 Å². The lowest BCUT2D eigenvalue weighted by Gasteiger charge is -2.22. The van der Waals surface area contributed by atoms with Gasteiger partial charge in [-0.2, -0.15) is 0 Å². The molecule has 0 aromatic carbocycles. The van der Waals surface area contributed by atoms with Crippen molar-refractivity contribution in [2.45, 2.75) is 46.3 Å². The van der Waals surface area contributed by atoms with Crippen LogP contribution in [0.3, 0.4) is 0 Å². The number of hydrogen-bond donors (Lipinski definition) is 2. The Hall–Kier alpha value is -1.10. The first-order chi connectivity index (χ1) is 7.22. The van der Waals surface area contributed by atoms with E-state index >= 15 is 0 Å². The molecule has 1 amide bonds. The minimum Gasteiger partial charge on any atom is -0.459 e. The lowest BCUT2D eigenvalue weighted by atomic mass is 10.2. The van der Waals surface area contributed by atoms with Crippen molar-refractivity contribution in [1.29, 1.82) is 0 Å². The van der Waals surface area contributed by atoms with Gasteiger partial charge in [0.1, 0.15) is 11.6 Å². The van der Waals surface area contributed by atoms with Crippen molar-refractivity contribution in [3.05, 3.63) is 0 Å². The van der Waals surface area contributed by atoms with Gasteiger partial charge < -0.3 is 15.4 Å². The molecule has 0 heterocycles. The van der Waals surface area contributed by atoms with E-state index in [1.807, 2.05) is 20.8 Å². The molecule has 1 atom stereocenters. The summed E-state index contributed by atoms with van der Waals surface area (Å²) < 4.78 is 5.19. The molecule has 0 saturated carbocycles. The average molecular weight is 230 g/mol. The van der Waals surface area contributed by atoms with Gasteiger partial charge in [0.05, 0.1) is 0 Å². The Kier molecular flexibility index (Phi) is 6.03. The van der Waals surface area contributed by atoms with E-state index in [1.165, 1.54) is 6.92 Å². The van der Waals surface area contributed by atoms with Gasteiger partial charge >= 0.3 is 5.97 Å². The number of rotatable bonds is 5. The topological polar surface area (TPSA) is 67.4 Å². The first-order valence-corrected chi connectivity index (χ1v) is 5.43. The number of hydrogen-bond acceptors (Lipinski definition) is 4. The first-order valence-electron chi connectivity index (χ1n) is 5.43. The van der Waals surface area contributed by atoms with E-state index in [2.05, 4.69) is 10.6 Å². The average Bonchev–Trinajstić information content (AvgIpc) is 2.08. The van der Waals surface area contributed by atoms with Crippen LogP contribution in [0.5, 0.6) is 0 Å². The van der Waals surface area contributed by atoms with Crippen LogP contribution in [0.4, 0.5) is 0 Å². The molecule has 0 bridgehead atoms. The summed E-state index contributed by atoms with van der Waals surface area (Å²) in [5, 5.41) is 5.61. The number of nitrogens with one attached hydrogen (secondary N) is 2. The zero-order valence-electron chi connectivity index (χ0n) is 10.7. The summed E-state index contributed by atoms with van der Waals surface area (Å²) in [4.78, 5) is 22.1. The monoisotopic (exact) mass is 230 g/mol. The zero-order valence-corrected chi connectivity index (χ0v) is 10.7. The molecule has 5 heteroatoms. The normalized spacial score (nSPS) is 13.1. The summed E-state index contributed by atoms with van der Waals surface area (Å²) in [6.07, 6.45) is 0. The lowest BCUT2D eigenvalue weighted by Crippen LogP contribution is -2.42. The Balaban J connectivity index is 3.76. The highest BCUT2D eigenvalue weighted by atomic mass is 16.6. The van der Waals surface area contributed by atoms with Crippen LogP contribution in [0.2, 0.25) is 0 Å². The summed E-state index contributed by atoms with van der Waals surface area (Å²) in [5.74, 6) is -0.359. The zero-order chi connectivity index (χ0) is 12.8. The predicted octanol–water partition coefficient (Wildman–Crippen LogP) is 0.442. The molecule has 0 spiro atoms. The van der Waals surface area contributed by atoms with Crippen molar-refractivity contribution >= 4 is 11.9 Å². The summed E-state index contributed by atoms with van der Waals surface area (Å²) >= 11 is 0. The fraction of sp³-hybridized carbons (Fsp3) is 0.818. The third kappa shape index (κ3) is 8.23. The number of ether oxygens (including phenoxy) is 1. The molecular weight excluding hydrogens is 208 g/mol. The molecule has 94 valence electrons. The fourth-order valence-corrected chi connectivity index (χ4v) is 1.00. The van der Waals surface area contributed by atoms with E-state index in [-0.39, 0.29) is 17.9 Å². The third-order valence-corrected chi connectivity index (χ3v) is 1.71. The van der Waals surface area contributed by atoms with Gasteiger partial charge in [0.25, 0.3) is 0 Å². The minimum absolute atomic E-state index is 0.0771. The molecule has 0 saturated heterocycles. The van der Waals surface area contributed by atoms with Gasteiger partial charge in [0.2, 0.25) is 5.91 Å². The number of esters is 1. The number of carbonyl (C=O) groups excluding carboxylic acids is 2. The molecule has 0 aliphatic heterocycles. The van der Waals surface area contributed by atoms with Crippen molar-refractivity contribution in [3.63, 3.8) is 0 Å². The molecule has 16 heavy (non-hydrogen) atoms. The summed E-state index contributed by atoms with van der Waals surface area (Å²) in [6.45, 7) is 9.72. The van der Waals surface area contributed by atoms with Crippen LogP contribution in [0.1, 0.15) is 34.6 Å². The molecule has 2 N–H and O–H groups in total. The molecule has 0 aromatic heterocycles. The summed E-state index contributed by atoms with van der Waals surface area (Å²) in [5.41, 5.74) is -0.468. The Morgan fingerprint density at radius 3 is 2.25 bits per heavy atom. The van der Waals surface area contributed by atoms with Crippen LogP contribution in [0.15, 0.2) is 0 Å². The molecule has 5 nitrogen and oxygen atoms in total. The maximum absolute atomic E-state index is 11.5. The maximum Gasteiger partial charge on any atom is 0.323 e. The second-order valence-electron chi connectivity index (χ2n) is 4.69.